The van der Waals surface area contributed by atoms with Gasteiger partial charge in [-0.3, -0.25) is 0 Å². The Morgan fingerprint density at radius 2 is 2.00 bits per heavy atom. The molecule has 16 heavy (non-hydrogen) atoms. The van der Waals surface area contributed by atoms with E-state index in [2.05, 4.69) is 35.8 Å². The summed E-state index contributed by atoms with van der Waals surface area (Å²) in [5, 5.41) is 0. The van der Waals surface area contributed by atoms with Crippen molar-refractivity contribution in [2.45, 2.75) is 38.8 Å². The van der Waals surface area contributed by atoms with Crippen LogP contribution in [0.25, 0.3) is 0 Å². The van der Waals surface area contributed by atoms with Gasteiger partial charge in [-0.1, -0.05) is 48.0 Å². The molecule has 0 heterocycles. The van der Waals surface area contributed by atoms with E-state index in [0.717, 1.165) is 29.5 Å². The molecule has 0 aliphatic rings. The molecule has 0 bridgehead atoms. The fourth-order valence-corrected chi connectivity index (χ4v) is 2.12. The van der Waals surface area contributed by atoms with Gasteiger partial charge in [-0.15, -0.1) is 0 Å². The SMILES string of the molecule is CCCOC(c1ccccc1Br)C(N)CC. The Kier molecular flexibility index (Phi) is 6.03. The van der Waals surface area contributed by atoms with Crippen LogP contribution < -0.4 is 5.73 Å². The quantitative estimate of drug-likeness (QED) is 0.866. The number of hydrogen-bond donors (Lipinski definition) is 1. The molecule has 0 saturated carbocycles. The Balaban J connectivity index is 2.87. The van der Waals surface area contributed by atoms with Gasteiger partial charge in [0, 0.05) is 17.1 Å². The van der Waals surface area contributed by atoms with Gasteiger partial charge in [-0.05, 0) is 24.5 Å². The molecule has 0 spiro atoms. The molecule has 0 aromatic heterocycles. The van der Waals surface area contributed by atoms with Crippen LogP contribution in [0.5, 0.6) is 0 Å². The lowest BCUT2D eigenvalue weighted by Crippen LogP contribution is -2.30. The van der Waals surface area contributed by atoms with Crippen LogP contribution in [-0.2, 0) is 4.74 Å². The van der Waals surface area contributed by atoms with Crippen LogP contribution in [0.1, 0.15) is 38.4 Å². The summed E-state index contributed by atoms with van der Waals surface area (Å²) in [5.74, 6) is 0. The summed E-state index contributed by atoms with van der Waals surface area (Å²) in [7, 11) is 0. The third kappa shape index (κ3) is 3.58. The average Bonchev–Trinajstić information content (AvgIpc) is 2.31. The smallest absolute Gasteiger partial charge is 0.0986 e. The maximum atomic E-state index is 6.11. The van der Waals surface area contributed by atoms with Gasteiger partial charge in [-0.25, -0.2) is 0 Å². The molecule has 1 aromatic carbocycles. The van der Waals surface area contributed by atoms with Gasteiger partial charge < -0.3 is 10.5 Å². The second kappa shape index (κ2) is 7.05. The molecule has 0 radical (unpaired) electrons. The van der Waals surface area contributed by atoms with E-state index < -0.39 is 0 Å². The van der Waals surface area contributed by atoms with Crippen LogP contribution >= 0.6 is 15.9 Å². The first-order chi connectivity index (χ1) is 7.70. The highest BCUT2D eigenvalue weighted by molar-refractivity contribution is 9.10. The van der Waals surface area contributed by atoms with E-state index in [0.29, 0.717) is 0 Å². The summed E-state index contributed by atoms with van der Waals surface area (Å²) in [6, 6.07) is 8.16. The summed E-state index contributed by atoms with van der Waals surface area (Å²) in [6.07, 6.45) is 1.91. The largest absolute Gasteiger partial charge is 0.372 e. The first kappa shape index (κ1) is 13.7. The van der Waals surface area contributed by atoms with Gasteiger partial charge in [0.1, 0.15) is 0 Å². The van der Waals surface area contributed by atoms with Crippen molar-refractivity contribution in [3.8, 4) is 0 Å². The highest BCUT2D eigenvalue weighted by atomic mass is 79.9. The predicted octanol–water partition coefficient (Wildman–Crippen LogP) is 3.65. The maximum absolute atomic E-state index is 6.11. The number of nitrogens with two attached hydrogens (primary N) is 1. The molecule has 0 aliphatic heterocycles. The van der Waals surface area contributed by atoms with E-state index in [4.69, 9.17) is 10.5 Å². The fourth-order valence-electron chi connectivity index (χ4n) is 1.61. The molecule has 0 aliphatic carbocycles. The first-order valence-corrected chi connectivity index (χ1v) is 6.61. The second-order valence-electron chi connectivity index (χ2n) is 3.89. The van der Waals surface area contributed by atoms with Gasteiger partial charge in [0.05, 0.1) is 6.10 Å². The number of benzene rings is 1. The first-order valence-electron chi connectivity index (χ1n) is 5.82. The fraction of sp³-hybridized carbons (Fsp3) is 0.538. The van der Waals surface area contributed by atoms with E-state index in [9.17, 15) is 0 Å². The lowest BCUT2D eigenvalue weighted by Gasteiger charge is -2.24. The zero-order chi connectivity index (χ0) is 12.0. The van der Waals surface area contributed by atoms with Crippen molar-refractivity contribution in [1.82, 2.24) is 0 Å². The second-order valence-corrected chi connectivity index (χ2v) is 4.74. The molecule has 3 heteroatoms. The molecule has 0 fully saturated rings. The van der Waals surface area contributed by atoms with Crippen molar-refractivity contribution in [3.05, 3.63) is 34.3 Å². The Labute approximate surface area is 106 Å². The monoisotopic (exact) mass is 285 g/mol. The molecule has 1 aromatic rings. The van der Waals surface area contributed by atoms with E-state index in [-0.39, 0.29) is 12.1 Å². The number of rotatable bonds is 6. The average molecular weight is 286 g/mol. The number of ether oxygens (including phenoxy) is 1. The number of hydrogen-bond acceptors (Lipinski definition) is 2. The Hall–Kier alpha value is -0.380. The highest BCUT2D eigenvalue weighted by Crippen LogP contribution is 2.28. The third-order valence-electron chi connectivity index (χ3n) is 2.57. The molecule has 2 atom stereocenters. The van der Waals surface area contributed by atoms with Gasteiger partial charge in [0.15, 0.2) is 0 Å². The summed E-state index contributed by atoms with van der Waals surface area (Å²) in [4.78, 5) is 0. The van der Waals surface area contributed by atoms with Crippen molar-refractivity contribution < 1.29 is 4.74 Å². The van der Waals surface area contributed by atoms with Crippen LogP contribution in [0.2, 0.25) is 0 Å². The lowest BCUT2D eigenvalue weighted by atomic mass is 10.0. The summed E-state index contributed by atoms with van der Waals surface area (Å²) in [6.45, 7) is 4.94. The van der Waals surface area contributed by atoms with Crippen molar-refractivity contribution in [1.29, 1.82) is 0 Å². The minimum Gasteiger partial charge on any atom is -0.372 e. The molecule has 0 saturated heterocycles. The van der Waals surface area contributed by atoms with Crippen molar-refractivity contribution in [2.24, 2.45) is 5.73 Å². The van der Waals surface area contributed by atoms with Gasteiger partial charge in [0.25, 0.3) is 0 Å². The molecular weight excluding hydrogens is 266 g/mol. The van der Waals surface area contributed by atoms with Crippen molar-refractivity contribution in [3.63, 3.8) is 0 Å². The Morgan fingerprint density at radius 1 is 1.31 bits per heavy atom. The number of halogens is 1. The minimum atomic E-state index is -0.0134. The summed E-state index contributed by atoms with van der Waals surface area (Å²) in [5.41, 5.74) is 7.26. The molecule has 2 N–H and O–H groups in total. The van der Waals surface area contributed by atoms with Crippen molar-refractivity contribution >= 4 is 15.9 Å². The Morgan fingerprint density at radius 3 is 2.56 bits per heavy atom. The maximum Gasteiger partial charge on any atom is 0.0986 e. The topological polar surface area (TPSA) is 35.2 Å². The zero-order valence-electron chi connectivity index (χ0n) is 9.95. The van der Waals surface area contributed by atoms with E-state index >= 15 is 0 Å². The summed E-state index contributed by atoms with van der Waals surface area (Å²) < 4.78 is 6.93. The zero-order valence-corrected chi connectivity index (χ0v) is 11.5. The van der Waals surface area contributed by atoms with Gasteiger partial charge in [0.2, 0.25) is 0 Å². The van der Waals surface area contributed by atoms with Crippen LogP contribution in [0.4, 0.5) is 0 Å². The van der Waals surface area contributed by atoms with Gasteiger partial charge >= 0.3 is 0 Å². The third-order valence-corrected chi connectivity index (χ3v) is 3.30. The van der Waals surface area contributed by atoms with Crippen LogP contribution in [0, 0.1) is 0 Å². The highest BCUT2D eigenvalue weighted by Gasteiger charge is 2.20. The van der Waals surface area contributed by atoms with Crippen LogP contribution in [0.15, 0.2) is 28.7 Å². The molecule has 2 unspecified atom stereocenters. The minimum absolute atomic E-state index is 0.0134. The predicted molar refractivity (Wildman–Crippen MR) is 71.4 cm³/mol. The van der Waals surface area contributed by atoms with E-state index in [1.165, 1.54) is 0 Å². The van der Waals surface area contributed by atoms with Crippen LogP contribution in [0.3, 0.4) is 0 Å². The molecular formula is C13H20BrNO. The molecule has 1 rings (SSSR count). The summed E-state index contributed by atoms with van der Waals surface area (Å²) >= 11 is 3.55. The van der Waals surface area contributed by atoms with E-state index in [1.807, 2.05) is 18.2 Å². The van der Waals surface area contributed by atoms with Crippen molar-refractivity contribution in [2.75, 3.05) is 6.61 Å². The van der Waals surface area contributed by atoms with Crippen LogP contribution in [-0.4, -0.2) is 12.6 Å². The standard InChI is InChI=1S/C13H20BrNO/c1-3-9-16-13(12(15)4-2)10-7-5-6-8-11(10)14/h5-8,12-13H,3-4,9,15H2,1-2H3. The normalized spacial score (nSPS) is 14.8. The van der Waals surface area contributed by atoms with Gasteiger partial charge in [-0.2, -0.15) is 0 Å². The van der Waals surface area contributed by atoms with E-state index in [1.54, 1.807) is 0 Å². The molecule has 90 valence electrons. The Bertz CT molecular complexity index is 317. The lowest BCUT2D eigenvalue weighted by molar-refractivity contribution is 0.0334. The molecule has 0 amide bonds. The molecule has 2 nitrogen and oxygen atoms in total.